The standard InChI is InChI=1S/C15H20N2O4/c1-9(10(2)15(20)21)14(19)16-8-12-4-6-13(7-5-12)17-11(3)18/h4-7,9-10H,8H2,1-3H3,(H,16,19)(H,17,18)(H,20,21). The second-order valence-electron chi connectivity index (χ2n) is 5.01. The SMILES string of the molecule is CC(=O)Nc1ccc(CNC(=O)C(C)C(C)C(=O)O)cc1. The normalized spacial score (nSPS) is 13.1. The van der Waals surface area contributed by atoms with Gasteiger partial charge in [-0.15, -0.1) is 0 Å². The van der Waals surface area contributed by atoms with Crippen LogP contribution in [0.2, 0.25) is 0 Å². The molecule has 6 nitrogen and oxygen atoms in total. The summed E-state index contributed by atoms with van der Waals surface area (Å²) in [5, 5.41) is 14.2. The minimum absolute atomic E-state index is 0.146. The predicted octanol–water partition coefficient (Wildman–Crippen LogP) is 1.62. The first-order valence-corrected chi connectivity index (χ1v) is 6.68. The molecule has 0 saturated carbocycles. The first kappa shape index (κ1) is 16.7. The smallest absolute Gasteiger partial charge is 0.307 e. The van der Waals surface area contributed by atoms with Crippen LogP contribution in [-0.4, -0.2) is 22.9 Å². The van der Waals surface area contributed by atoms with Gasteiger partial charge in [0.25, 0.3) is 0 Å². The monoisotopic (exact) mass is 292 g/mol. The predicted molar refractivity (Wildman–Crippen MR) is 78.6 cm³/mol. The van der Waals surface area contributed by atoms with Crippen molar-refractivity contribution in [3.63, 3.8) is 0 Å². The molecule has 0 saturated heterocycles. The van der Waals surface area contributed by atoms with Crippen LogP contribution >= 0.6 is 0 Å². The third kappa shape index (κ3) is 5.25. The van der Waals surface area contributed by atoms with E-state index in [0.717, 1.165) is 5.56 Å². The van der Waals surface area contributed by atoms with E-state index < -0.39 is 17.8 Å². The number of carboxylic acids is 1. The third-order valence-electron chi connectivity index (χ3n) is 3.29. The second kappa shape index (κ2) is 7.42. The van der Waals surface area contributed by atoms with Gasteiger partial charge in [0.05, 0.1) is 5.92 Å². The minimum Gasteiger partial charge on any atom is -0.481 e. The van der Waals surface area contributed by atoms with Gasteiger partial charge in [0.15, 0.2) is 0 Å². The van der Waals surface area contributed by atoms with Gasteiger partial charge in [-0.1, -0.05) is 26.0 Å². The van der Waals surface area contributed by atoms with Crippen LogP contribution in [0, 0.1) is 11.8 Å². The second-order valence-corrected chi connectivity index (χ2v) is 5.01. The Hall–Kier alpha value is -2.37. The van der Waals surface area contributed by atoms with Gasteiger partial charge in [0.1, 0.15) is 0 Å². The number of aliphatic carboxylic acids is 1. The Balaban J connectivity index is 2.53. The number of hydrogen-bond donors (Lipinski definition) is 3. The lowest BCUT2D eigenvalue weighted by Crippen LogP contribution is -2.34. The molecule has 0 aliphatic heterocycles. The van der Waals surface area contributed by atoms with Crippen LogP contribution < -0.4 is 10.6 Å². The number of carbonyl (C=O) groups excluding carboxylic acids is 2. The first-order valence-electron chi connectivity index (χ1n) is 6.68. The van der Waals surface area contributed by atoms with E-state index in [-0.39, 0.29) is 11.8 Å². The van der Waals surface area contributed by atoms with Crippen molar-refractivity contribution in [2.45, 2.75) is 27.3 Å². The lowest BCUT2D eigenvalue weighted by molar-refractivity contribution is -0.146. The maximum absolute atomic E-state index is 11.8. The summed E-state index contributed by atoms with van der Waals surface area (Å²) in [6.07, 6.45) is 0. The number of nitrogens with one attached hydrogen (secondary N) is 2. The molecule has 2 atom stereocenters. The van der Waals surface area contributed by atoms with Crippen molar-refractivity contribution in [3.8, 4) is 0 Å². The maximum Gasteiger partial charge on any atom is 0.307 e. The van der Waals surface area contributed by atoms with E-state index in [1.165, 1.54) is 13.8 Å². The van der Waals surface area contributed by atoms with Crippen LogP contribution in [0.1, 0.15) is 26.3 Å². The molecule has 3 N–H and O–H groups in total. The van der Waals surface area contributed by atoms with E-state index in [1.54, 1.807) is 31.2 Å². The highest BCUT2D eigenvalue weighted by Gasteiger charge is 2.25. The lowest BCUT2D eigenvalue weighted by Gasteiger charge is -2.15. The molecule has 0 bridgehead atoms. The number of rotatable bonds is 6. The van der Waals surface area contributed by atoms with Gasteiger partial charge in [-0.25, -0.2) is 0 Å². The molecule has 2 unspecified atom stereocenters. The molecule has 1 rings (SSSR count). The van der Waals surface area contributed by atoms with E-state index in [2.05, 4.69) is 10.6 Å². The molecule has 0 heterocycles. The fourth-order valence-corrected chi connectivity index (χ4v) is 1.70. The molecular weight excluding hydrogens is 272 g/mol. The maximum atomic E-state index is 11.8. The number of hydrogen-bond acceptors (Lipinski definition) is 3. The van der Waals surface area contributed by atoms with E-state index in [0.29, 0.717) is 12.2 Å². The van der Waals surface area contributed by atoms with Crippen LogP contribution in [0.5, 0.6) is 0 Å². The van der Waals surface area contributed by atoms with Gasteiger partial charge in [0, 0.05) is 25.1 Å². The van der Waals surface area contributed by atoms with Crippen LogP contribution in [0.4, 0.5) is 5.69 Å². The van der Waals surface area contributed by atoms with E-state index in [4.69, 9.17) is 5.11 Å². The summed E-state index contributed by atoms with van der Waals surface area (Å²) in [4.78, 5) is 33.6. The van der Waals surface area contributed by atoms with E-state index in [1.807, 2.05) is 0 Å². The molecule has 0 fully saturated rings. The van der Waals surface area contributed by atoms with Crippen LogP contribution in [0.3, 0.4) is 0 Å². The van der Waals surface area contributed by atoms with Crippen molar-refractivity contribution < 1.29 is 19.5 Å². The molecule has 0 aromatic heterocycles. The van der Waals surface area contributed by atoms with Crippen LogP contribution in [0.15, 0.2) is 24.3 Å². The number of benzene rings is 1. The highest BCUT2D eigenvalue weighted by atomic mass is 16.4. The van der Waals surface area contributed by atoms with Crippen molar-refractivity contribution in [2.75, 3.05) is 5.32 Å². The van der Waals surface area contributed by atoms with Gasteiger partial charge in [-0.2, -0.15) is 0 Å². The fourth-order valence-electron chi connectivity index (χ4n) is 1.70. The zero-order valence-electron chi connectivity index (χ0n) is 12.3. The Kier molecular flexibility index (Phi) is 5.90. The van der Waals surface area contributed by atoms with Crippen molar-refractivity contribution in [2.24, 2.45) is 11.8 Å². The Labute approximate surface area is 123 Å². The number of anilines is 1. The van der Waals surface area contributed by atoms with Crippen LogP contribution in [-0.2, 0) is 20.9 Å². The summed E-state index contributed by atoms with van der Waals surface area (Å²) in [6.45, 7) is 4.85. The Bertz CT molecular complexity index is 525. The summed E-state index contributed by atoms with van der Waals surface area (Å²) in [5.41, 5.74) is 1.55. The minimum atomic E-state index is -0.989. The summed E-state index contributed by atoms with van der Waals surface area (Å²) >= 11 is 0. The number of amides is 2. The first-order chi connectivity index (χ1) is 9.81. The van der Waals surface area contributed by atoms with Crippen molar-refractivity contribution in [3.05, 3.63) is 29.8 Å². The summed E-state index contributed by atoms with van der Waals surface area (Å²) in [7, 11) is 0. The molecule has 114 valence electrons. The highest BCUT2D eigenvalue weighted by Crippen LogP contribution is 2.12. The van der Waals surface area contributed by atoms with Gasteiger partial charge in [0.2, 0.25) is 11.8 Å². The van der Waals surface area contributed by atoms with Gasteiger partial charge in [-0.05, 0) is 17.7 Å². The zero-order valence-corrected chi connectivity index (χ0v) is 12.3. The lowest BCUT2D eigenvalue weighted by atomic mass is 9.95. The van der Waals surface area contributed by atoms with Crippen LogP contribution in [0.25, 0.3) is 0 Å². The molecule has 0 spiro atoms. The Morgan fingerprint density at radius 2 is 1.67 bits per heavy atom. The van der Waals surface area contributed by atoms with E-state index in [9.17, 15) is 14.4 Å². The summed E-state index contributed by atoms with van der Waals surface area (Å²) < 4.78 is 0. The third-order valence-corrected chi connectivity index (χ3v) is 3.29. The molecule has 6 heteroatoms. The number of carboxylic acid groups (broad SMARTS) is 1. The average molecular weight is 292 g/mol. The zero-order chi connectivity index (χ0) is 16.0. The molecule has 21 heavy (non-hydrogen) atoms. The average Bonchev–Trinajstić information content (AvgIpc) is 2.43. The molecule has 0 radical (unpaired) electrons. The Morgan fingerprint density at radius 1 is 1.10 bits per heavy atom. The van der Waals surface area contributed by atoms with E-state index >= 15 is 0 Å². The molecule has 0 aliphatic rings. The summed E-state index contributed by atoms with van der Waals surface area (Å²) in [6, 6.07) is 7.06. The highest BCUT2D eigenvalue weighted by molar-refractivity contribution is 5.88. The van der Waals surface area contributed by atoms with Crippen molar-refractivity contribution in [1.29, 1.82) is 0 Å². The van der Waals surface area contributed by atoms with Crippen molar-refractivity contribution in [1.82, 2.24) is 5.32 Å². The van der Waals surface area contributed by atoms with Gasteiger partial charge < -0.3 is 15.7 Å². The quantitative estimate of drug-likeness (QED) is 0.742. The molecule has 0 aliphatic carbocycles. The van der Waals surface area contributed by atoms with Gasteiger partial charge in [-0.3, -0.25) is 14.4 Å². The molecule has 2 amide bonds. The van der Waals surface area contributed by atoms with Gasteiger partial charge >= 0.3 is 5.97 Å². The Morgan fingerprint density at radius 3 is 2.14 bits per heavy atom. The topological polar surface area (TPSA) is 95.5 Å². The largest absolute Gasteiger partial charge is 0.481 e. The number of carbonyl (C=O) groups is 3. The summed E-state index contributed by atoms with van der Waals surface area (Å²) in [5.74, 6) is -2.76. The van der Waals surface area contributed by atoms with Crippen molar-refractivity contribution >= 4 is 23.5 Å². The molecule has 1 aromatic carbocycles. The molecular formula is C15H20N2O4. The molecule has 1 aromatic rings. The fraction of sp³-hybridized carbons (Fsp3) is 0.400.